The van der Waals surface area contributed by atoms with Crippen LogP contribution in [0.15, 0.2) is 29.3 Å². The fourth-order valence-corrected chi connectivity index (χ4v) is 3.44. The second-order valence-electron chi connectivity index (χ2n) is 7.22. The molecule has 1 aliphatic heterocycles. The zero-order valence-corrected chi connectivity index (χ0v) is 19.5. The number of ether oxygens (including phenoxy) is 1. The van der Waals surface area contributed by atoms with Gasteiger partial charge in [0.15, 0.2) is 5.96 Å². The van der Waals surface area contributed by atoms with Crippen LogP contribution >= 0.6 is 24.0 Å². The first kappa shape index (κ1) is 24.0. The molecule has 27 heavy (non-hydrogen) atoms. The van der Waals surface area contributed by atoms with Crippen LogP contribution in [0.2, 0.25) is 0 Å². The van der Waals surface area contributed by atoms with Gasteiger partial charge >= 0.3 is 0 Å². The summed E-state index contributed by atoms with van der Waals surface area (Å²) >= 11 is 0. The van der Waals surface area contributed by atoms with E-state index in [0.29, 0.717) is 5.92 Å². The summed E-state index contributed by atoms with van der Waals surface area (Å²) in [6.07, 6.45) is 6.02. The van der Waals surface area contributed by atoms with Crippen LogP contribution in [0.4, 0.5) is 0 Å². The van der Waals surface area contributed by atoms with Gasteiger partial charge in [-0.2, -0.15) is 0 Å². The summed E-state index contributed by atoms with van der Waals surface area (Å²) in [4.78, 5) is 7.22. The summed E-state index contributed by atoms with van der Waals surface area (Å²) in [5.74, 6) is 2.58. The molecule has 6 heteroatoms. The summed E-state index contributed by atoms with van der Waals surface area (Å²) in [7, 11) is 3.92. The minimum absolute atomic E-state index is 0. The van der Waals surface area contributed by atoms with E-state index in [-0.39, 0.29) is 24.0 Å². The van der Waals surface area contributed by atoms with Crippen molar-refractivity contribution < 1.29 is 4.74 Å². The van der Waals surface area contributed by atoms with E-state index in [0.717, 1.165) is 44.2 Å². The van der Waals surface area contributed by atoms with Gasteiger partial charge in [0.1, 0.15) is 5.75 Å². The Hall–Kier alpha value is -1.02. The molecule has 2 rings (SSSR count). The number of aryl methyl sites for hydroxylation is 1. The van der Waals surface area contributed by atoms with Crippen molar-refractivity contribution in [3.05, 3.63) is 29.8 Å². The highest BCUT2D eigenvalue weighted by molar-refractivity contribution is 14.0. The SMILES string of the molecule is CCNC(=NCC1CCCN(C)C1)NCCCCc1ccc(OC)cc1.I. The standard InChI is InChI=1S/C21H36N4O.HI/c1-4-22-21(24-16-19-9-7-15-25(2)17-19)23-14-6-5-8-18-10-12-20(26-3)13-11-18;/h10-13,19H,4-9,14-17H2,1-3H3,(H2,22,23,24);1H. The van der Waals surface area contributed by atoms with Crippen molar-refractivity contribution in [1.82, 2.24) is 15.5 Å². The average molecular weight is 488 g/mol. The summed E-state index contributed by atoms with van der Waals surface area (Å²) in [5, 5.41) is 6.85. The van der Waals surface area contributed by atoms with Crippen LogP contribution in [-0.2, 0) is 6.42 Å². The molecule has 0 aliphatic carbocycles. The van der Waals surface area contributed by atoms with Crippen LogP contribution in [0.25, 0.3) is 0 Å². The minimum atomic E-state index is 0. The maximum absolute atomic E-state index is 5.20. The van der Waals surface area contributed by atoms with Crippen molar-refractivity contribution in [1.29, 1.82) is 0 Å². The van der Waals surface area contributed by atoms with E-state index in [9.17, 15) is 0 Å². The van der Waals surface area contributed by atoms with Crippen LogP contribution in [-0.4, -0.2) is 57.7 Å². The molecule has 1 unspecified atom stereocenters. The molecule has 0 radical (unpaired) electrons. The summed E-state index contributed by atoms with van der Waals surface area (Å²) in [6, 6.07) is 8.37. The van der Waals surface area contributed by atoms with Gasteiger partial charge in [0.05, 0.1) is 7.11 Å². The molecule has 0 aromatic heterocycles. The van der Waals surface area contributed by atoms with Crippen molar-refractivity contribution in [2.45, 2.75) is 39.0 Å². The van der Waals surface area contributed by atoms with Crippen LogP contribution in [0.5, 0.6) is 5.75 Å². The van der Waals surface area contributed by atoms with Gasteiger partial charge in [-0.15, -0.1) is 24.0 Å². The monoisotopic (exact) mass is 488 g/mol. The Labute approximate surface area is 182 Å². The molecule has 0 amide bonds. The first-order valence-electron chi connectivity index (χ1n) is 10.0. The Balaban J connectivity index is 0.00000364. The molecular formula is C21H37IN4O. The van der Waals surface area contributed by atoms with Crippen molar-refractivity contribution in [2.24, 2.45) is 10.9 Å². The second kappa shape index (κ2) is 14.0. The normalized spacial score (nSPS) is 17.9. The van der Waals surface area contributed by atoms with Crippen LogP contribution < -0.4 is 15.4 Å². The topological polar surface area (TPSA) is 48.9 Å². The molecule has 1 aliphatic rings. The van der Waals surface area contributed by atoms with Crippen LogP contribution in [0.1, 0.15) is 38.2 Å². The molecule has 0 bridgehead atoms. The lowest BCUT2D eigenvalue weighted by Gasteiger charge is -2.28. The lowest BCUT2D eigenvalue weighted by molar-refractivity contribution is 0.214. The first-order chi connectivity index (χ1) is 12.7. The third-order valence-electron chi connectivity index (χ3n) is 4.92. The molecule has 1 aromatic rings. The number of benzene rings is 1. The summed E-state index contributed by atoms with van der Waals surface area (Å²) < 4.78 is 5.20. The number of nitrogens with one attached hydrogen (secondary N) is 2. The number of hydrogen-bond acceptors (Lipinski definition) is 3. The van der Waals surface area contributed by atoms with E-state index in [1.54, 1.807) is 7.11 Å². The predicted molar refractivity (Wildman–Crippen MR) is 126 cm³/mol. The van der Waals surface area contributed by atoms with Crippen molar-refractivity contribution >= 4 is 29.9 Å². The number of rotatable bonds is 9. The molecule has 1 fully saturated rings. The Bertz CT molecular complexity index is 535. The zero-order valence-electron chi connectivity index (χ0n) is 17.2. The highest BCUT2D eigenvalue weighted by Gasteiger charge is 2.16. The molecule has 1 aromatic carbocycles. The van der Waals surface area contributed by atoms with E-state index < -0.39 is 0 Å². The predicted octanol–water partition coefficient (Wildman–Crippen LogP) is 3.53. The smallest absolute Gasteiger partial charge is 0.191 e. The van der Waals surface area contributed by atoms with Gasteiger partial charge in [-0.25, -0.2) is 0 Å². The molecule has 154 valence electrons. The maximum atomic E-state index is 5.20. The largest absolute Gasteiger partial charge is 0.497 e. The Morgan fingerprint density at radius 1 is 1.22 bits per heavy atom. The quantitative estimate of drug-likeness (QED) is 0.242. The third-order valence-corrected chi connectivity index (χ3v) is 4.92. The number of methoxy groups -OCH3 is 1. The van der Waals surface area contributed by atoms with Crippen molar-refractivity contribution in [2.75, 3.05) is 46.9 Å². The molecule has 0 spiro atoms. The van der Waals surface area contributed by atoms with E-state index in [1.807, 2.05) is 12.1 Å². The highest BCUT2D eigenvalue weighted by atomic mass is 127. The molecule has 1 heterocycles. The fourth-order valence-electron chi connectivity index (χ4n) is 3.44. The van der Waals surface area contributed by atoms with Gasteiger partial charge in [0.2, 0.25) is 0 Å². The molecular weight excluding hydrogens is 451 g/mol. The minimum Gasteiger partial charge on any atom is -0.497 e. The molecule has 5 nitrogen and oxygen atoms in total. The van der Waals surface area contributed by atoms with Gasteiger partial charge in [-0.05, 0) is 76.2 Å². The first-order valence-corrected chi connectivity index (χ1v) is 10.0. The van der Waals surface area contributed by atoms with Crippen LogP contribution in [0, 0.1) is 5.92 Å². The van der Waals surface area contributed by atoms with E-state index in [4.69, 9.17) is 9.73 Å². The van der Waals surface area contributed by atoms with Gasteiger partial charge in [0.25, 0.3) is 0 Å². The summed E-state index contributed by atoms with van der Waals surface area (Å²) in [6.45, 7) is 7.31. The van der Waals surface area contributed by atoms with Crippen LogP contribution in [0.3, 0.4) is 0 Å². The molecule has 1 saturated heterocycles. The average Bonchev–Trinajstić information content (AvgIpc) is 2.66. The fraction of sp³-hybridized carbons (Fsp3) is 0.667. The highest BCUT2D eigenvalue weighted by Crippen LogP contribution is 2.15. The van der Waals surface area contributed by atoms with E-state index in [2.05, 4.69) is 41.6 Å². The third kappa shape index (κ3) is 9.65. The second-order valence-corrected chi connectivity index (χ2v) is 7.22. The Kier molecular flexibility index (Phi) is 12.5. The number of halogens is 1. The Morgan fingerprint density at radius 2 is 2.00 bits per heavy atom. The van der Waals surface area contributed by atoms with E-state index in [1.165, 1.54) is 37.9 Å². The summed E-state index contributed by atoms with van der Waals surface area (Å²) in [5.41, 5.74) is 1.37. The van der Waals surface area contributed by atoms with E-state index >= 15 is 0 Å². The number of nitrogens with zero attached hydrogens (tertiary/aromatic N) is 2. The maximum Gasteiger partial charge on any atom is 0.191 e. The molecule has 0 saturated carbocycles. The number of aliphatic imine (C=N–C) groups is 1. The number of likely N-dealkylation sites (tertiary alicyclic amines) is 1. The van der Waals surface area contributed by atoms with Gasteiger partial charge < -0.3 is 20.3 Å². The molecule has 2 N–H and O–H groups in total. The number of piperidine rings is 1. The van der Waals surface area contributed by atoms with Crippen molar-refractivity contribution in [3.8, 4) is 5.75 Å². The zero-order chi connectivity index (χ0) is 18.6. The lowest BCUT2D eigenvalue weighted by Crippen LogP contribution is -2.39. The number of hydrogen-bond donors (Lipinski definition) is 2. The number of guanidine groups is 1. The lowest BCUT2D eigenvalue weighted by atomic mass is 9.99. The van der Waals surface area contributed by atoms with Gasteiger partial charge in [-0.3, -0.25) is 4.99 Å². The number of unbranched alkanes of at least 4 members (excludes halogenated alkanes) is 1. The van der Waals surface area contributed by atoms with Gasteiger partial charge in [-0.1, -0.05) is 12.1 Å². The Morgan fingerprint density at radius 3 is 2.67 bits per heavy atom. The molecule has 1 atom stereocenters. The van der Waals surface area contributed by atoms with Gasteiger partial charge in [0, 0.05) is 26.2 Å². The van der Waals surface area contributed by atoms with Crippen molar-refractivity contribution in [3.63, 3.8) is 0 Å².